The Morgan fingerprint density at radius 1 is 0.600 bits per heavy atom. The first-order valence-electron chi connectivity index (χ1n) is 27.6. The van der Waals surface area contributed by atoms with Gasteiger partial charge in [-0.05, 0) is 109 Å². The molecule has 18 heteroatoms. The number of hydrogen-bond acceptors (Lipinski definition) is 12. The van der Waals surface area contributed by atoms with Gasteiger partial charge in [0.05, 0.1) is 58.1 Å². The Hall–Kier alpha value is -8.15. The Labute approximate surface area is 470 Å². The molecule has 4 amide bonds. The van der Waals surface area contributed by atoms with Gasteiger partial charge in [-0.1, -0.05) is 101 Å². The summed E-state index contributed by atoms with van der Waals surface area (Å²) in [6.45, 7) is 10.4. The van der Waals surface area contributed by atoms with Gasteiger partial charge < -0.3 is 44.1 Å². The number of nitrogens with one attached hydrogen (secondary N) is 2. The average molecular weight is 1100 g/mol. The molecule has 0 saturated carbocycles. The maximum absolute atomic E-state index is 14.4. The standard InChI is InChI=1S/C62H78N8O10/c1-11-41(12-2)38-70-51(36-49(66-70)60(73)64-47(62(75)68-30-16-17-31-68)28-26-42-20-14-13-15-21-42)58-54(78-8)33-45(34-55(58)79-9)44-23-18-22-43(32-44)27-29-46(61(74)67(5)39-56(71)80-10)63-59(72)48-35-50(69(65-48)37-40(3)4)57-52(76-6)24-19-25-53(57)77-7/h13-15,18-25,32-36,40-41,46-47H,11-12,16-17,26-31,37-39H2,1-10H3,(H,63,72)(H,64,73)/t46-,47-/m0/s1. The Kier molecular flexibility index (Phi) is 20.9. The molecule has 1 fully saturated rings. The topological polar surface area (TPSA) is 198 Å². The summed E-state index contributed by atoms with van der Waals surface area (Å²) in [5, 5.41) is 15.7. The Bertz CT molecular complexity index is 3040. The average Bonchev–Trinajstić information content (AvgIpc) is 4.31. The second kappa shape index (κ2) is 28.1. The van der Waals surface area contributed by atoms with Crippen LogP contribution in [0.1, 0.15) is 98.3 Å². The van der Waals surface area contributed by atoms with Crippen molar-refractivity contribution in [3.8, 4) is 56.6 Å². The molecule has 0 spiro atoms. The van der Waals surface area contributed by atoms with Gasteiger partial charge in [0, 0.05) is 33.2 Å². The van der Waals surface area contributed by atoms with Gasteiger partial charge in [-0.3, -0.25) is 33.3 Å². The minimum atomic E-state index is -1.07. The molecule has 4 aromatic carbocycles. The first kappa shape index (κ1) is 59.5. The van der Waals surface area contributed by atoms with Crippen LogP contribution >= 0.6 is 0 Å². The number of carbonyl (C=O) groups excluding carboxylic acids is 5. The molecular weight excluding hydrogens is 1020 g/mol. The molecule has 2 atom stereocenters. The van der Waals surface area contributed by atoms with Crippen molar-refractivity contribution in [3.63, 3.8) is 0 Å². The number of nitrogens with zero attached hydrogens (tertiary/aromatic N) is 6. The van der Waals surface area contributed by atoms with Crippen molar-refractivity contribution in [2.75, 3.05) is 62.2 Å². The van der Waals surface area contributed by atoms with Crippen LogP contribution in [0.15, 0.2) is 97.1 Å². The number of esters is 1. The van der Waals surface area contributed by atoms with Gasteiger partial charge >= 0.3 is 5.97 Å². The molecule has 3 heterocycles. The lowest BCUT2D eigenvalue weighted by molar-refractivity contribution is -0.146. The van der Waals surface area contributed by atoms with E-state index >= 15 is 0 Å². The summed E-state index contributed by atoms with van der Waals surface area (Å²) < 4.78 is 32.2. The molecule has 1 saturated heterocycles. The molecule has 0 bridgehead atoms. The van der Waals surface area contributed by atoms with E-state index in [0.29, 0.717) is 91.0 Å². The van der Waals surface area contributed by atoms with E-state index in [0.717, 1.165) is 47.9 Å². The third-order valence-electron chi connectivity index (χ3n) is 14.7. The van der Waals surface area contributed by atoms with Crippen LogP contribution in [-0.2, 0) is 45.1 Å². The first-order chi connectivity index (χ1) is 38.6. The number of carbonyl (C=O) groups is 5. The molecule has 0 radical (unpaired) electrons. The summed E-state index contributed by atoms with van der Waals surface area (Å²) in [6.07, 6.45) is 5.23. The molecule has 426 valence electrons. The van der Waals surface area contributed by atoms with Crippen LogP contribution in [0.3, 0.4) is 0 Å². The van der Waals surface area contributed by atoms with Crippen LogP contribution in [0.5, 0.6) is 23.0 Å². The van der Waals surface area contributed by atoms with E-state index in [9.17, 15) is 24.0 Å². The number of hydrogen-bond donors (Lipinski definition) is 2. The number of methoxy groups -OCH3 is 5. The van der Waals surface area contributed by atoms with Gasteiger partial charge in [-0.25, -0.2) is 0 Å². The molecule has 2 aromatic heterocycles. The number of likely N-dealkylation sites (N-methyl/N-ethyl adjacent to an activating group) is 1. The van der Waals surface area contributed by atoms with Crippen molar-refractivity contribution in [3.05, 3.63) is 120 Å². The second-order valence-electron chi connectivity index (χ2n) is 20.7. The molecule has 0 unspecified atom stereocenters. The number of aryl methyl sites for hydroxylation is 2. The van der Waals surface area contributed by atoms with Crippen molar-refractivity contribution in [2.24, 2.45) is 11.8 Å². The van der Waals surface area contributed by atoms with Gasteiger partial charge in [0.25, 0.3) is 11.8 Å². The molecule has 80 heavy (non-hydrogen) atoms. The summed E-state index contributed by atoms with van der Waals surface area (Å²) >= 11 is 0. The van der Waals surface area contributed by atoms with Crippen molar-refractivity contribution in [1.29, 1.82) is 0 Å². The number of likely N-dealkylation sites (tertiary alicyclic amines) is 1. The molecular formula is C62H78N8O10. The van der Waals surface area contributed by atoms with Crippen LogP contribution < -0.4 is 29.6 Å². The van der Waals surface area contributed by atoms with Crippen molar-refractivity contribution < 1.29 is 47.7 Å². The third kappa shape index (κ3) is 14.6. The molecule has 6 aromatic rings. The zero-order valence-electron chi connectivity index (χ0n) is 48.0. The second-order valence-corrected chi connectivity index (χ2v) is 20.7. The Balaban J connectivity index is 1.18. The third-order valence-corrected chi connectivity index (χ3v) is 14.7. The number of amides is 4. The number of benzene rings is 4. The predicted molar refractivity (Wildman–Crippen MR) is 307 cm³/mol. The minimum Gasteiger partial charge on any atom is -0.496 e. The van der Waals surface area contributed by atoms with E-state index in [1.54, 1.807) is 45.3 Å². The highest BCUT2D eigenvalue weighted by Crippen LogP contribution is 2.43. The molecule has 7 rings (SSSR count). The number of aromatic nitrogens is 4. The van der Waals surface area contributed by atoms with E-state index in [-0.39, 0.29) is 42.1 Å². The molecule has 2 N–H and O–H groups in total. The van der Waals surface area contributed by atoms with Crippen molar-refractivity contribution in [2.45, 2.75) is 104 Å². The molecule has 1 aliphatic heterocycles. The van der Waals surface area contributed by atoms with Crippen LogP contribution in [0.4, 0.5) is 0 Å². The van der Waals surface area contributed by atoms with E-state index < -0.39 is 35.8 Å². The van der Waals surface area contributed by atoms with Gasteiger partial charge in [0.15, 0.2) is 11.4 Å². The number of ether oxygens (including phenoxy) is 5. The van der Waals surface area contributed by atoms with Crippen LogP contribution in [0, 0.1) is 11.8 Å². The van der Waals surface area contributed by atoms with Gasteiger partial charge in [-0.15, -0.1) is 0 Å². The van der Waals surface area contributed by atoms with Crippen LogP contribution in [-0.4, -0.2) is 133 Å². The lowest BCUT2D eigenvalue weighted by Crippen LogP contribution is -2.49. The van der Waals surface area contributed by atoms with Crippen LogP contribution in [0.2, 0.25) is 0 Å². The fourth-order valence-electron chi connectivity index (χ4n) is 10.2. The van der Waals surface area contributed by atoms with E-state index in [4.69, 9.17) is 33.9 Å². The van der Waals surface area contributed by atoms with Gasteiger partial charge in [-0.2, -0.15) is 10.2 Å². The van der Waals surface area contributed by atoms with E-state index in [1.807, 2.05) is 108 Å². The maximum atomic E-state index is 14.4. The summed E-state index contributed by atoms with van der Waals surface area (Å²) in [4.78, 5) is 72.3. The quantitative estimate of drug-likeness (QED) is 0.0466. The van der Waals surface area contributed by atoms with Gasteiger partial charge in [0.1, 0.15) is 41.6 Å². The zero-order chi connectivity index (χ0) is 57.5. The van der Waals surface area contributed by atoms with E-state index in [1.165, 1.54) is 19.1 Å². The minimum absolute atomic E-state index is 0.0843. The van der Waals surface area contributed by atoms with Crippen molar-refractivity contribution in [1.82, 2.24) is 40.0 Å². The lowest BCUT2D eigenvalue weighted by Gasteiger charge is -2.24. The Morgan fingerprint density at radius 3 is 1.66 bits per heavy atom. The lowest BCUT2D eigenvalue weighted by atomic mass is 9.96. The highest BCUT2D eigenvalue weighted by molar-refractivity contribution is 5.99. The Morgan fingerprint density at radius 2 is 1.11 bits per heavy atom. The van der Waals surface area contributed by atoms with Crippen LogP contribution in [0.25, 0.3) is 33.6 Å². The zero-order valence-corrected chi connectivity index (χ0v) is 48.0. The molecule has 0 aliphatic carbocycles. The summed E-state index contributed by atoms with van der Waals surface area (Å²) in [6, 6.07) is 28.7. The molecule has 1 aliphatic rings. The highest BCUT2D eigenvalue weighted by Gasteiger charge is 2.32. The first-order valence-corrected chi connectivity index (χ1v) is 27.6. The largest absolute Gasteiger partial charge is 0.496 e. The van der Waals surface area contributed by atoms with Crippen molar-refractivity contribution >= 4 is 29.6 Å². The number of rotatable bonds is 27. The fraction of sp³-hybridized carbons (Fsp3) is 0.435. The predicted octanol–water partition coefficient (Wildman–Crippen LogP) is 8.92. The normalized spacial score (nSPS) is 13.0. The fourth-order valence-corrected chi connectivity index (χ4v) is 10.2. The molecule has 18 nitrogen and oxygen atoms in total. The summed E-state index contributed by atoms with van der Waals surface area (Å²) in [5.41, 5.74) is 6.27. The SMILES string of the molecule is CCC(CC)Cn1nc(C(=O)N[C@@H](CCc2ccccc2)C(=O)N2CCCC2)cc1-c1c(OC)cc(-c2cccc(CC[C@H](NC(=O)c3cc(-c4c(OC)cccc4OC)n(CC(C)C)n3)C(=O)N(C)CC(=O)OC)c2)cc1OC. The summed E-state index contributed by atoms with van der Waals surface area (Å²) in [5.74, 6) is 0.264. The van der Waals surface area contributed by atoms with E-state index in [2.05, 4.69) is 24.5 Å². The summed E-state index contributed by atoms with van der Waals surface area (Å²) in [7, 11) is 9.04. The monoisotopic (exact) mass is 1090 g/mol. The maximum Gasteiger partial charge on any atom is 0.325 e. The highest BCUT2D eigenvalue weighted by atomic mass is 16.5. The smallest absolute Gasteiger partial charge is 0.325 e. The van der Waals surface area contributed by atoms with Gasteiger partial charge in [0.2, 0.25) is 11.8 Å².